The molecule has 2 rings (SSSR count). The number of pyridine rings is 1. The number of aliphatic hydroxyl groups is 1. The molecule has 92 valence electrons. The van der Waals surface area contributed by atoms with Crippen LogP contribution in [0.1, 0.15) is 5.56 Å². The third-order valence-corrected chi connectivity index (χ3v) is 2.46. The molecule has 7 nitrogen and oxygen atoms in total. The van der Waals surface area contributed by atoms with Crippen LogP contribution in [0.3, 0.4) is 0 Å². The molecule has 0 amide bonds. The Hall–Kier alpha value is -2.24. The van der Waals surface area contributed by atoms with E-state index in [2.05, 4.69) is 20.3 Å². The van der Waals surface area contributed by atoms with E-state index in [1.54, 1.807) is 6.07 Å². The van der Waals surface area contributed by atoms with Gasteiger partial charge in [-0.25, -0.2) is 4.98 Å². The molecule has 0 saturated heterocycles. The summed E-state index contributed by atoms with van der Waals surface area (Å²) in [4.78, 5) is 10.9. The topological polar surface area (TPSA) is 124 Å². The minimum atomic E-state index is -0.0605. The fourth-order valence-electron chi connectivity index (χ4n) is 1.49. The molecular formula is C10H10N6OS. The van der Waals surface area contributed by atoms with E-state index in [1.165, 1.54) is 0 Å². The number of anilines is 2. The Morgan fingerprint density at radius 3 is 3.00 bits per heavy atom. The first-order chi connectivity index (χ1) is 8.65. The van der Waals surface area contributed by atoms with Crippen LogP contribution in [0, 0.1) is 16.1 Å². The third-order valence-electron chi connectivity index (χ3n) is 2.27. The summed E-state index contributed by atoms with van der Waals surface area (Å²) in [5.74, 6) is 0.675. The van der Waals surface area contributed by atoms with Crippen molar-refractivity contribution in [2.45, 2.75) is 0 Å². The first kappa shape index (κ1) is 12.2. The van der Waals surface area contributed by atoms with Crippen LogP contribution in [0.5, 0.6) is 0 Å². The van der Waals surface area contributed by atoms with Crippen molar-refractivity contribution in [3.05, 3.63) is 16.4 Å². The number of nitrogens with one attached hydrogen (secondary N) is 2. The highest BCUT2D eigenvalue weighted by atomic mass is 32.1. The molecule has 18 heavy (non-hydrogen) atoms. The number of aromatic nitrogens is 3. The maximum Gasteiger partial charge on any atom is 0.200 e. The van der Waals surface area contributed by atoms with Gasteiger partial charge in [-0.2, -0.15) is 10.2 Å². The van der Waals surface area contributed by atoms with E-state index in [0.29, 0.717) is 34.8 Å². The normalized spacial score (nSPS) is 10.2. The van der Waals surface area contributed by atoms with Gasteiger partial charge in [-0.1, -0.05) is 0 Å². The number of nitriles is 1. The van der Waals surface area contributed by atoms with Crippen LogP contribution in [-0.4, -0.2) is 33.2 Å². The highest BCUT2D eigenvalue weighted by molar-refractivity contribution is 7.71. The van der Waals surface area contributed by atoms with E-state index in [-0.39, 0.29) is 11.4 Å². The second-order valence-electron chi connectivity index (χ2n) is 3.47. The van der Waals surface area contributed by atoms with Crippen LogP contribution in [0.25, 0.3) is 11.0 Å². The number of aliphatic hydroxyl groups excluding tert-OH is 1. The Kier molecular flexibility index (Phi) is 3.36. The zero-order valence-electron chi connectivity index (χ0n) is 9.27. The number of hydrogen-bond donors (Lipinski definition) is 4. The van der Waals surface area contributed by atoms with Gasteiger partial charge in [-0.15, -0.1) is 0 Å². The Morgan fingerprint density at radius 1 is 1.56 bits per heavy atom. The van der Waals surface area contributed by atoms with E-state index >= 15 is 0 Å². The van der Waals surface area contributed by atoms with Crippen LogP contribution in [0.4, 0.5) is 11.6 Å². The molecule has 8 heteroatoms. The van der Waals surface area contributed by atoms with Gasteiger partial charge in [0, 0.05) is 6.54 Å². The average Bonchev–Trinajstić information content (AvgIpc) is 2.35. The standard InChI is InChI=1S/C10H10N6OS/c11-4-5-3-6-7(12)14-10(18)16-9(6)15-8(5)13-1-2-17/h3,17H,1-2H2,(H4,12,13,14,15,16,18). The molecular weight excluding hydrogens is 252 g/mol. The maximum absolute atomic E-state index is 9.04. The molecule has 2 aromatic rings. The smallest absolute Gasteiger partial charge is 0.200 e. The van der Waals surface area contributed by atoms with Gasteiger partial charge >= 0.3 is 0 Å². The van der Waals surface area contributed by atoms with E-state index in [4.69, 9.17) is 28.3 Å². The maximum atomic E-state index is 9.04. The van der Waals surface area contributed by atoms with Crippen LogP contribution in [-0.2, 0) is 0 Å². The number of H-pyrrole nitrogens is 1. The summed E-state index contributed by atoms with van der Waals surface area (Å²) >= 11 is 4.91. The monoisotopic (exact) mass is 262 g/mol. The van der Waals surface area contributed by atoms with Crippen LogP contribution >= 0.6 is 12.2 Å². The molecule has 0 atom stereocenters. The summed E-state index contributed by atoms with van der Waals surface area (Å²) in [6.45, 7) is 0.233. The van der Waals surface area contributed by atoms with Crippen molar-refractivity contribution >= 4 is 34.9 Å². The zero-order valence-corrected chi connectivity index (χ0v) is 10.1. The summed E-state index contributed by atoms with van der Waals surface area (Å²) in [7, 11) is 0. The number of nitrogens with two attached hydrogens (primary N) is 1. The van der Waals surface area contributed by atoms with Crippen molar-refractivity contribution in [3.8, 4) is 6.07 Å². The number of hydrogen-bond acceptors (Lipinski definition) is 7. The first-order valence-electron chi connectivity index (χ1n) is 5.11. The Morgan fingerprint density at radius 2 is 2.33 bits per heavy atom. The molecule has 0 spiro atoms. The van der Waals surface area contributed by atoms with E-state index in [0.717, 1.165) is 0 Å². The molecule has 5 N–H and O–H groups in total. The lowest BCUT2D eigenvalue weighted by molar-refractivity contribution is 0.311. The van der Waals surface area contributed by atoms with Crippen molar-refractivity contribution in [3.63, 3.8) is 0 Å². The highest BCUT2D eigenvalue weighted by Crippen LogP contribution is 2.21. The SMILES string of the molecule is N#Cc1cc2c(N)[nH]c(=S)nc2nc1NCCO. The molecule has 0 aliphatic rings. The molecule has 0 bridgehead atoms. The second-order valence-corrected chi connectivity index (χ2v) is 3.86. The Bertz CT molecular complexity index is 689. The molecule has 2 heterocycles. The van der Waals surface area contributed by atoms with Crippen molar-refractivity contribution in [2.75, 3.05) is 24.2 Å². The molecule has 0 saturated carbocycles. The predicted molar refractivity (Wildman–Crippen MR) is 69.4 cm³/mol. The molecule has 2 aromatic heterocycles. The van der Waals surface area contributed by atoms with E-state index in [1.807, 2.05) is 6.07 Å². The molecule has 0 radical (unpaired) electrons. The summed E-state index contributed by atoms with van der Waals surface area (Å²) in [6, 6.07) is 3.59. The summed E-state index contributed by atoms with van der Waals surface area (Å²) in [5, 5.41) is 21.2. The molecule has 0 aliphatic heterocycles. The number of fused-ring (bicyclic) bond motifs is 1. The molecule has 0 aliphatic carbocycles. The number of nitrogen functional groups attached to an aromatic ring is 1. The summed E-state index contributed by atoms with van der Waals surface area (Å²) in [5.41, 5.74) is 6.44. The fraction of sp³-hybridized carbons (Fsp3) is 0.200. The van der Waals surface area contributed by atoms with Gasteiger partial charge in [0.15, 0.2) is 10.4 Å². The lowest BCUT2D eigenvalue weighted by atomic mass is 10.2. The van der Waals surface area contributed by atoms with Gasteiger partial charge in [-0.3, -0.25) is 0 Å². The lowest BCUT2D eigenvalue weighted by Crippen LogP contribution is -2.09. The van der Waals surface area contributed by atoms with E-state index < -0.39 is 0 Å². The Balaban J connectivity index is 2.66. The zero-order chi connectivity index (χ0) is 13.1. The minimum Gasteiger partial charge on any atom is -0.395 e. The van der Waals surface area contributed by atoms with Gasteiger partial charge in [-0.05, 0) is 18.3 Å². The van der Waals surface area contributed by atoms with Crippen molar-refractivity contribution in [1.29, 1.82) is 5.26 Å². The van der Waals surface area contributed by atoms with Crippen molar-refractivity contribution in [1.82, 2.24) is 15.0 Å². The van der Waals surface area contributed by atoms with Gasteiger partial charge in [0.25, 0.3) is 0 Å². The quantitative estimate of drug-likeness (QED) is 0.595. The molecule has 0 unspecified atom stereocenters. The predicted octanol–water partition coefficient (Wildman–Crippen LogP) is 0.545. The lowest BCUT2D eigenvalue weighted by Gasteiger charge is -2.08. The third kappa shape index (κ3) is 2.22. The number of aromatic amines is 1. The molecule has 0 aromatic carbocycles. The summed E-state index contributed by atoms with van der Waals surface area (Å²) in [6.07, 6.45) is 0. The fourth-order valence-corrected chi connectivity index (χ4v) is 1.68. The van der Waals surface area contributed by atoms with Crippen molar-refractivity contribution in [2.24, 2.45) is 0 Å². The van der Waals surface area contributed by atoms with Crippen LogP contribution < -0.4 is 11.1 Å². The largest absolute Gasteiger partial charge is 0.395 e. The van der Waals surface area contributed by atoms with Crippen LogP contribution in [0.2, 0.25) is 0 Å². The van der Waals surface area contributed by atoms with Gasteiger partial charge in [0.1, 0.15) is 17.7 Å². The van der Waals surface area contributed by atoms with Gasteiger partial charge in [0.2, 0.25) is 0 Å². The molecule has 0 fully saturated rings. The first-order valence-corrected chi connectivity index (χ1v) is 5.52. The van der Waals surface area contributed by atoms with E-state index in [9.17, 15) is 0 Å². The van der Waals surface area contributed by atoms with Crippen molar-refractivity contribution < 1.29 is 5.11 Å². The summed E-state index contributed by atoms with van der Waals surface area (Å²) < 4.78 is 0.227. The van der Waals surface area contributed by atoms with Gasteiger partial charge in [0.05, 0.1) is 17.6 Å². The second kappa shape index (κ2) is 4.95. The van der Waals surface area contributed by atoms with Gasteiger partial charge < -0.3 is 21.1 Å². The number of rotatable bonds is 3. The average molecular weight is 262 g/mol. The highest BCUT2D eigenvalue weighted by Gasteiger charge is 2.09. The Labute approximate surface area is 107 Å². The number of nitrogens with zero attached hydrogens (tertiary/aromatic N) is 3. The minimum absolute atomic E-state index is 0.0605. The van der Waals surface area contributed by atoms with Crippen LogP contribution in [0.15, 0.2) is 6.07 Å².